The topological polar surface area (TPSA) is 35.5 Å². The van der Waals surface area contributed by atoms with Crippen molar-refractivity contribution in [2.45, 2.75) is 25.6 Å². The maximum absolute atomic E-state index is 9.43. The van der Waals surface area contributed by atoms with E-state index < -0.39 is 0 Å². The standard InChI is InChI=1S/C13H20N2O/c1-11-13(10-16)15(8-7-14-11)9-12-5-3-2-4-6-12/h2-6,11,13-14,16H,7-10H2,1H3/t11?,13-/m1/s1. The third-order valence-electron chi connectivity index (χ3n) is 3.33. The lowest BCUT2D eigenvalue weighted by Gasteiger charge is -2.39. The van der Waals surface area contributed by atoms with Gasteiger partial charge in [0.25, 0.3) is 0 Å². The van der Waals surface area contributed by atoms with E-state index in [2.05, 4.69) is 41.4 Å². The van der Waals surface area contributed by atoms with Crippen LogP contribution in [0.5, 0.6) is 0 Å². The van der Waals surface area contributed by atoms with Crippen molar-refractivity contribution in [3.8, 4) is 0 Å². The predicted molar refractivity (Wildman–Crippen MR) is 65.2 cm³/mol. The number of hydrogen-bond acceptors (Lipinski definition) is 3. The van der Waals surface area contributed by atoms with Gasteiger partial charge in [-0.15, -0.1) is 0 Å². The van der Waals surface area contributed by atoms with E-state index in [1.807, 2.05) is 6.07 Å². The minimum Gasteiger partial charge on any atom is -0.395 e. The third-order valence-corrected chi connectivity index (χ3v) is 3.33. The van der Waals surface area contributed by atoms with Gasteiger partial charge >= 0.3 is 0 Å². The lowest BCUT2D eigenvalue weighted by atomic mass is 10.0. The number of nitrogens with zero attached hydrogens (tertiary/aromatic N) is 1. The van der Waals surface area contributed by atoms with Crippen molar-refractivity contribution in [3.05, 3.63) is 35.9 Å². The van der Waals surface area contributed by atoms with E-state index in [0.717, 1.165) is 19.6 Å². The average Bonchev–Trinajstić information content (AvgIpc) is 2.31. The van der Waals surface area contributed by atoms with E-state index in [9.17, 15) is 5.11 Å². The maximum atomic E-state index is 9.43. The maximum Gasteiger partial charge on any atom is 0.0602 e. The summed E-state index contributed by atoms with van der Waals surface area (Å²) in [4.78, 5) is 2.36. The van der Waals surface area contributed by atoms with Crippen LogP contribution >= 0.6 is 0 Å². The summed E-state index contributed by atoms with van der Waals surface area (Å²) < 4.78 is 0. The summed E-state index contributed by atoms with van der Waals surface area (Å²) in [6, 6.07) is 11.0. The highest BCUT2D eigenvalue weighted by atomic mass is 16.3. The molecule has 0 aromatic heterocycles. The number of aliphatic hydroxyl groups excluding tert-OH is 1. The molecular formula is C13H20N2O. The lowest BCUT2D eigenvalue weighted by molar-refractivity contribution is 0.0672. The zero-order valence-corrected chi connectivity index (χ0v) is 9.76. The number of rotatable bonds is 3. The Kier molecular flexibility index (Phi) is 3.93. The molecule has 88 valence electrons. The van der Waals surface area contributed by atoms with Gasteiger partial charge in [-0.1, -0.05) is 30.3 Å². The van der Waals surface area contributed by atoms with Crippen molar-refractivity contribution < 1.29 is 5.11 Å². The van der Waals surface area contributed by atoms with Crippen LogP contribution in [0.2, 0.25) is 0 Å². The van der Waals surface area contributed by atoms with Gasteiger partial charge in [0.15, 0.2) is 0 Å². The van der Waals surface area contributed by atoms with Crippen molar-refractivity contribution in [1.29, 1.82) is 0 Å². The number of aliphatic hydroxyl groups is 1. The molecule has 3 nitrogen and oxygen atoms in total. The zero-order valence-electron chi connectivity index (χ0n) is 9.76. The molecule has 1 unspecified atom stereocenters. The van der Waals surface area contributed by atoms with Crippen molar-refractivity contribution in [3.63, 3.8) is 0 Å². The van der Waals surface area contributed by atoms with Crippen molar-refractivity contribution in [2.24, 2.45) is 0 Å². The predicted octanol–water partition coefficient (Wildman–Crippen LogP) is 0.841. The summed E-state index contributed by atoms with van der Waals surface area (Å²) in [6.45, 7) is 5.30. The molecule has 1 heterocycles. The Morgan fingerprint density at radius 1 is 1.38 bits per heavy atom. The van der Waals surface area contributed by atoms with E-state index in [4.69, 9.17) is 0 Å². The molecular weight excluding hydrogens is 200 g/mol. The highest BCUT2D eigenvalue weighted by Crippen LogP contribution is 2.13. The monoisotopic (exact) mass is 220 g/mol. The molecule has 0 amide bonds. The molecule has 2 rings (SSSR count). The molecule has 0 aliphatic carbocycles. The SMILES string of the molecule is CC1NCCN(Cc2ccccc2)[C@@H]1CO. The van der Waals surface area contributed by atoms with E-state index in [1.54, 1.807) is 0 Å². The van der Waals surface area contributed by atoms with Crippen LogP contribution in [-0.2, 0) is 6.54 Å². The Hall–Kier alpha value is -0.900. The number of hydrogen-bond donors (Lipinski definition) is 2. The number of nitrogens with one attached hydrogen (secondary N) is 1. The fourth-order valence-electron chi connectivity index (χ4n) is 2.34. The van der Waals surface area contributed by atoms with Gasteiger partial charge in [-0.05, 0) is 12.5 Å². The van der Waals surface area contributed by atoms with Gasteiger partial charge in [0.05, 0.1) is 6.61 Å². The third kappa shape index (κ3) is 2.61. The summed E-state index contributed by atoms with van der Waals surface area (Å²) in [7, 11) is 0. The molecule has 3 heteroatoms. The fraction of sp³-hybridized carbons (Fsp3) is 0.538. The molecule has 2 N–H and O–H groups in total. The molecule has 0 saturated carbocycles. The molecule has 16 heavy (non-hydrogen) atoms. The quantitative estimate of drug-likeness (QED) is 0.792. The Labute approximate surface area is 97.1 Å². The molecule has 1 aliphatic rings. The Balaban J connectivity index is 2.02. The van der Waals surface area contributed by atoms with Gasteiger partial charge in [-0.25, -0.2) is 0 Å². The van der Waals surface area contributed by atoms with E-state index in [-0.39, 0.29) is 12.6 Å². The molecule has 1 aliphatic heterocycles. The second-order valence-electron chi connectivity index (χ2n) is 4.45. The van der Waals surface area contributed by atoms with Crippen LogP contribution in [0.1, 0.15) is 12.5 Å². The first-order valence-electron chi connectivity index (χ1n) is 5.93. The summed E-state index contributed by atoms with van der Waals surface area (Å²) in [5, 5.41) is 12.8. The molecule has 1 aromatic rings. The minimum atomic E-state index is 0.223. The van der Waals surface area contributed by atoms with Gasteiger partial charge in [-0.3, -0.25) is 4.90 Å². The Morgan fingerprint density at radius 2 is 2.12 bits per heavy atom. The first-order chi connectivity index (χ1) is 7.81. The Bertz CT molecular complexity index is 315. The molecule has 1 saturated heterocycles. The summed E-state index contributed by atoms with van der Waals surface area (Å²) in [6.07, 6.45) is 0. The van der Waals surface area contributed by atoms with Gasteiger partial charge in [0.1, 0.15) is 0 Å². The summed E-state index contributed by atoms with van der Waals surface area (Å²) in [5.74, 6) is 0. The molecule has 1 aromatic carbocycles. The first-order valence-corrected chi connectivity index (χ1v) is 5.93. The number of piperazine rings is 1. The summed E-state index contributed by atoms with van der Waals surface area (Å²) >= 11 is 0. The fourth-order valence-corrected chi connectivity index (χ4v) is 2.34. The van der Waals surface area contributed by atoms with E-state index in [0.29, 0.717) is 6.04 Å². The van der Waals surface area contributed by atoms with Crippen LogP contribution in [0.15, 0.2) is 30.3 Å². The van der Waals surface area contributed by atoms with Gasteiger partial charge in [0, 0.05) is 31.7 Å². The molecule has 2 atom stereocenters. The van der Waals surface area contributed by atoms with Crippen molar-refractivity contribution in [1.82, 2.24) is 10.2 Å². The van der Waals surface area contributed by atoms with Crippen LogP contribution in [0.25, 0.3) is 0 Å². The van der Waals surface area contributed by atoms with Crippen molar-refractivity contribution >= 4 is 0 Å². The Morgan fingerprint density at radius 3 is 2.81 bits per heavy atom. The van der Waals surface area contributed by atoms with E-state index in [1.165, 1.54) is 5.56 Å². The van der Waals surface area contributed by atoms with Crippen molar-refractivity contribution in [2.75, 3.05) is 19.7 Å². The normalized spacial score (nSPS) is 26.9. The van der Waals surface area contributed by atoms with Crippen LogP contribution < -0.4 is 5.32 Å². The van der Waals surface area contributed by atoms with Crippen LogP contribution in [0.3, 0.4) is 0 Å². The average molecular weight is 220 g/mol. The van der Waals surface area contributed by atoms with E-state index >= 15 is 0 Å². The van der Waals surface area contributed by atoms with Crippen LogP contribution in [0, 0.1) is 0 Å². The van der Waals surface area contributed by atoms with Crippen LogP contribution in [0.4, 0.5) is 0 Å². The second-order valence-corrected chi connectivity index (χ2v) is 4.45. The zero-order chi connectivity index (χ0) is 11.4. The molecule has 0 radical (unpaired) electrons. The van der Waals surface area contributed by atoms with Gasteiger partial charge in [-0.2, -0.15) is 0 Å². The molecule has 0 bridgehead atoms. The largest absolute Gasteiger partial charge is 0.395 e. The van der Waals surface area contributed by atoms with Gasteiger partial charge in [0.2, 0.25) is 0 Å². The smallest absolute Gasteiger partial charge is 0.0602 e. The highest BCUT2D eigenvalue weighted by Gasteiger charge is 2.27. The first kappa shape index (κ1) is 11.6. The minimum absolute atomic E-state index is 0.223. The van der Waals surface area contributed by atoms with Crippen LogP contribution in [-0.4, -0.2) is 41.8 Å². The summed E-state index contributed by atoms with van der Waals surface area (Å²) in [5.41, 5.74) is 1.31. The number of benzene rings is 1. The lowest BCUT2D eigenvalue weighted by Crippen LogP contribution is -2.57. The van der Waals surface area contributed by atoms with Gasteiger partial charge < -0.3 is 10.4 Å². The molecule has 1 fully saturated rings. The highest BCUT2D eigenvalue weighted by molar-refractivity contribution is 5.14. The molecule has 0 spiro atoms. The second kappa shape index (κ2) is 5.43.